The Morgan fingerprint density at radius 2 is 2.09 bits per heavy atom. The van der Waals surface area contributed by atoms with Crippen molar-refractivity contribution < 1.29 is 22.0 Å². The molecule has 33 heavy (non-hydrogen) atoms. The van der Waals surface area contributed by atoms with Crippen LogP contribution >= 0.6 is 0 Å². The second kappa shape index (κ2) is 8.64. The van der Waals surface area contributed by atoms with Gasteiger partial charge in [-0.1, -0.05) is 43.9 Å². The Hall–Kier alpha value is -3.17. The van der Waals surface area contributed by atoms with Gasteiger partial charge in [0.2, 0.25) is 5.95 Å². The summed E-state index contributed by atoms with van der Waals surface area (Å²) in [6.07, 6.45) is 1.46. The maximum absolute atomic E-state index is 14.3. The lowest BCUT2D eigenvalue weighted by atomic mass is 9.89. The summed E-state index contributed by atoms with van der Waals surface area (Å²) in [7, 11) is 0. The third-order valence-electron chi connectivity index (χ3n) is 6.04. The van der Waals surface area contributed by atoms with Crippen molar-refractivity contribution in [2.45, 2.75) is 44.7 Å². The molecule has 2 heterocycles. The van der Waals surface area contributed by atoms with E-state index in [-0.39, 0.29) is 42.6 Å². The predicted octanol–water partition coefficient (Wildman–Crippen LogP) is 4.95. The number of halogens is 5. The van der Waals surface area contributed by atoms with Crippen LogP contribution in [0.1, 0.15) is 31.0 Å². The van der Waals surface area contributed by atoms with Gasteiger partial charge in [-0.05, 0) is 30.4 Å². The molecule has 4 rings (SSSR count). The monoisotopic (exact) mass is 466 g/mol. The van der Waals surface area contributed by atoms with E-state index in [1.54, 1.807) is 6.92 Å². The lowest BCUT2D eigenvalue weighted by Gasteiger charge is -2.23. The summed E-state index contributed by atoms with van der Waals surface area (Å²) in [6, 6.07) is 0. The summed E-state index contributed by atoms with van der Waals surface area (Å²) in [5, 5.41) is 3.05. The first-order valence-electron chi connectivity index (χ1n) is 10.6. The molecule has 1 aromatic heterocycles. The molecule has 0 spiro atoms. The molecule has 2 aliphatic carbocycles. The molecule has 5 nitrogen and oxygen atoms in total. The van der Waals surface area contributed by atoms with Crippen LogP contribution in [0.4, 0.5) is 27.9 Å². The van der Waals surface area contributed by atoms with Gasteiger partial charge in [-0.2, -0.15) is 17.8 Å². The topological polar surface area (TPSA) is 59.0 Å². The molecule has 0 aromatic carbocycles. The predicted molar refractivity (Wildman–Crippen MR) is 116 cm³/mol. The van der Waals surface area contributed by atoms with Crippen LogP contribution in [-0.2, 0) is 6.42 Å². The number of hydrogen-bond acceptors (Lipinski definition) is 4. The highest BCUT2D eigenvalue weighted by Gasteiger charge is 2.36. The molecule has 0 saturated carbocycles. The summed E-state index contributed by atoms with van der Waals surface area (Å²) >= 11 is 0. The average Bonchev–Trinajstić information content (AvgIpc) is 3.18. The molecule has 10 heteroatoms. The van der Waals surface area contributed by atoms with Gasteiger partial charge >= 0.3 is 6.18 Å². The molecular weight excluding hydrogens is 443 g/mol. The minimum Gasteiger partial charge on any atom is -0.332 e. The van der Waals surface area contributed by atoms with Crippen molar-refractivity contribution in [3.8, 4) is 0 Å². The third-order valence-corrected chi connectivity index (χ3v) is 6.04. The highest BCUT2D eigenvalue weighted by atomic mass is 19.4. The first-order valence-corrected chi connectivity index (χ1v) is 10.6. The fourth-order valence-electron chi connectivity index (χ4n) is 4.25. The number of aromatic nitrogens is 2. The molecular formula is C23H23F5N4O. The zero-order valence-electron chi connectivity index (χ0n) is 17.8. The van der Waals surface area contributed by atoms with E-state index in [0.717, 1.165) is 12.2 Å². The van der Waals surface area contributed by atoms with Crippen molar-refractivity contribution >= 4 is 12.0 Å². The van der Waals surface area contributed by atoms with E-state index in [9.17, 15) is 26.7 Å². The van der Waals surface area contributed by atoms with E-state index in [0.29, 0.717) is 11.3 Å². The number of allylic oxidation sites excluding steroid dienone is 7. The third kappa shape index (κ3) is 4.51. The van der Waals surface area contributed by atoms with Gasteiger partial charge in [0.25, 0.3) is 5.56 Å². The van der Waals surface area contributed by atoms with E-state index in [1.807, 2.05) is 0 Å². The molecule has 4 unspecified atom stereocenters. The van der Waals surface area contributed by atoms with E-state index in [4.69, 9.17) is 0 Å². The number of anilines is 1. The Labute approximate surface area is 187 Å². The van der Waals surface area contributed by atoms with Crippen LogP contribution in [0.25, 0.3) is 6.08 Å². The minimum atomic E-state index is -4.41. The number of rotatable bonds is 5. The molecule has 4 atom stereocenters. The standard InChI is InChI=1S/C23H23F5N4O/c1-3-16-19(10-12(2)17-9-8-15(24)11-18(17)25)29-22-30-20(31-32(22)21(16)33)13-4-6-14(7-5-13)23(26,27)28/h3-4,6-9,12-13,15,20,31H,1,5,10-11H2,2H3,(H,29,30). The largest absolute Gasteiger partial charge is 0.416 e. The number of hydrogen-bond donors (Lipinski definition) is 2. The Morgan fingerprint density at radius 3 is 2.70 bits per heavy atom. The normalized spacial score (nSPS) is 25.3. The summed E-state index contributed by atoms with van der Waals surface area (Å²) in [4.78, 5) is 17.5. The zero-order valence-corrected chi connectivity index (χ0v) is 17.8. The van der Waals surface area contributed by atoms with E-state index in [1.165, 1.54) is 29.0 Å². The zero-order chi connectivity index (χ0) is 23.9. The molecule has 0 fully saturated rings. The lowest BCUT2D eigenvalue weighted by molar-refractivity contribution is -0.0887. The fraction of sp³-hybridized carbons (Fsp3) is 0.391. The molecule has 0 saturated heterocycles. The van der Waals surface area contributed by atoms with Gasteiger partial charge in [-0.25, -0.2) is 13.8 Å². The molecule has 1 aromatic rings. The van der Waals surface area contributed by atoms with Crippen LogP contribution in [0, 0.1) is 11.8 Å². The minimum absolute atomic E-state index is 0.131. The number of nitrogens with one attached hydrogen (secondary N) is 2. The van der Waals surface area contributed by atoms with Crippen molar-refractivity contribution in [1.82, 2.24) is 9.66 Å². The van der Waals surface area contributed by atoms with E-state index in [2.05, 4.69) is 22.3 Å². The second-order valence-corrected chi connectivity index (χ2v) is 8.35. The van der Waals surface area contributed by atoms with Gasteiger partial charge in [0.1, 0.15) is 18.2 Å². The van der Waals surface area contributed by atoms with Crippen molar-refractivity contribution in [2.24, 2.45) is 11.8 Å². The van der Waals surface area contributed by atoms with Gasteiger partial charge in [0.05, 0.1) is 16.8 Å². The van der Waals surface area contributed by atoms with Gasteiger partial charge < -0.3 is 5.32 Å². The van der Waals surface area contributed by atoms with Gasteiger partial charge in [0.15, 0.2) is 0 Å². The SMILES string of the molecule is C=Cc1c(CC(C)C2=C(F)CC(F)C=C2)nc2n(c1=O)NC(C1C=CC(C(F)(F)F)=CC1)N2. The smallest absolute Gasteiger partial charge is 0.332 e. The Kier molecular flexibility index (Phi) is 6.02. The molecule has 3 aliphatic rings. The van der Waals surface area contributed by atoms with Crippen molar-refractivity contribution in [3.05, 3.63) is 75.5 Å². The molecule has 2 N–H and O–H groups in total. The maximum atomic E-state index is 14.3. The molecule has 0 amide bonds. The number of alkyl halides is 4. The van der Waals surface area contributed by atoms with Crippen molar-refractivity contribution in [3.63, 3.8) is 0 Å². The highest BCUT2D eigenvalue weighted by Crippen LogP contribution is 2.33. The second-order valence-electron chi connectivity index (χ2n) is 8.35. The quantitative estimate of drug-likeness (QED) is 0.604. The van der Waals surface area contributed by atoms with Crippen molar-refractivity contribution in [2.75, 3.05) is 10.7 Å². The highest BCUT2D eigenvalue weighted by molar-refractivity contribution is 5.53. The van der Waals surface area contributed by atoms with Crippen LogP contribution in [0.15, 0.2) is 58.7 Å². The van der Waals surface area contributed by atoms with Crippen LogP contribution in [0.3, 0.4) is 0 Å². The Bertz CT molecular complexity index is 1140. The molecule has 0 radical (unpaired) electrons. The van der Waals surface area contributed by atoms with Gasteiger partial charge in [-0.15, -0.1) is 0 Å². The molecule has 1 aliphatic heterocycles. The van der Waals surface area contributed by atoms with Crippen LogP contribution in [0.2, 0.25) is 0 Å². The van der Waals surface area contributed by atoms with E-state index < -0.39 is 35.5 Å². The Morgan fingerprint density at radius 1 is 1.33 bits per heavy atom. The Balaban J connectivity index is 1.55. The van der Waals surface area contributed by atoms with Crippen LogP contribution in [0.5, 0.6) is 0 Å². The van der Waals surface area contributed by atoms with Crippen molar-refractivity contribution in [1.29, 1.82) is 0 Å². The fourth-order valence-corrected chi connectivity index (χ4v) is 4.25. The number of fused-ring (bicyclic) bond motifs is 1. The average molecular weight is 466 g/mol. The van der Waals surface area contributed by atoms with Crippen LogP contribution in [-0.4, -0.2) is 28.2 Å². The summed E-state index contributed by atoms with van der Waals surface area (Å²) in [5.41, 5.74) is 2.84. The van der Waals surface area contributed by atoms with Crippen LogP contribution < -0.4 is 16.3 Å². The van der Waals surface area contributed by atoms with Gasteiger partial charge in [0, 0.05) is 12.3 Å². The summed E-state index contributed by atoms with van der Waals surface area (Å²) in [5.74, 6) is -1.01. The van der Waals surface area contributed by atoms with E-state index >= 15 is 0 Å². The van der Waals surface area contributed by atoms with Gasteiger partial charge in [-0.3, -0.25) is 10.2 Å². The molecule has 176 valence electrons. The maximum Gasteiger partial charge on any atom is 0.416 e. The first kappa shape index (κ1) is 23.0. The molecule has 0 bridgehead atoms. The summed E-state index contributed by atoms with van der Waals surface area (Å²) < 4.78 is 67.4. The lowest BCUT2D eigenvalue weighted by Crippen LogP contribution is -2.37. The number of nitrogens with zero attached hydrogens (tertiary/aromatic N) is 2. The first-order chi connectivity index (χ1) is 15.6. The summed E-state index contributed by atoms with van der Waals surface area (Å²) in [6.45, 7) is 5.45.